The normalized spacial score (nSPS) is 18.4. The Hall–Kier alpha value is -4.87. The van der Waals surface area contributed by atoms with Crippen LogP contribution in [0.25, 0.3) is 0 Å². The second-order valence-electron chi connectivity index (χ2n) is 12.3. The summed E-state index contributed by atoms with van der Waals surface area (Å²) >= 11 is 1.52. The first-order valence-corrected chi connectivity index (χ1v) is 18.5. The Bertz CT molecular complexity index is 1600. The van der Waals surface area contributed by atoms with Crippen LogP contribution in [0.5, 0.6) is 5.75 Å². The molecule has 6 N–H and O–H groups in total. The number of hydrogen-bond acceptors (Lipinski definition) is 9. The highest BCUT2D eigenvalue weighted by atomic mass is 32.2. The van der Waals surface area contributed by atoms with E-state index in [-0.39, 0.29) is 44.1 Å². The van der Waals surface area contributed by atoms with Gasteiger partial charge in [0.1, 0.15) is 23.9 Å². The Morgan fingerprint density at radius 1 is 0.907 bits per heavy atom. The van der Waals surface area contributed by atoms with E-state index >= 15 is 0 Å². The van der Waals surface area contributed by atoms with Gasteiger partial charge in [-0.2, -0.15) is 24.9 Å². The first kappa shape index (κ1) is 43.5. The average molecular weight is 778 g/mol. The zero-order chi connectivity index (χ0) is 39.7. The molecule has 0 bridgehead atoms. The molecule has 6 atom stereocenters. The number of phenolic OH excluding ortho intramolecular Hbond substituents is 1. The van der Waals surface area contributed by atoms with Crippen LogP contribution in [-0.4, -0.2) is 104 Å². The van der Waals surface area contributed by atoms with Crippen molar-refractivity contribution in [3.05, 3.63) is 90.5 Å². The number of alkyl halides is 3. The Morgan fingerprint density at radius 3 is 2.17 bits per heavy atom. The summed E-state index contributed by atoms with van der Waals surface area (Å²) in [5.41, 5.74) is 1.16. The molecule has 54 heavy (non-hydrogen) atoms. The third-order valence-electron chi connectivity index (χ3n) is 8.19. The minimum absolute atomic E-state index is 0.0316. The van der Waals surface area contributed by atoms with Crippen molar-refractivity contribution in [2.24, 2.45) is 5.92 Å². The largest absolute Gasteiger partial charge is 0.508 e. The summed E-state index contributed by atoms with van der Waals surface area (Å²) in [6.07, 6.45) is -0.493. The second-order valence-corrected chi connectivity index (χ2v) is 13.3. The maximum atomic E-state index is 13.5. The van der Waals surface area contributed by atoms with E-state index < -0.39 is 66.2 Å². The number of phenols is 1. The lowest BCUT2D eigenvalue weighted by atomic mass is 9.99. The second kappa shape index (κ2) is 21.7. The van der Waals surface area contributed by atoms with Crippen molar-refractivity contribution in [1.29, 1.82) is 0 Å². The Balaban J connectivity index is 1.71. The number of carbonyl (C=O) groups is 5. The molecule has 294 valence electrons. The first-order chi connectivity index (χ1) is 25.7. The third-order valence-corrected chi connectivity index (χ3v) is 8.83. The molecule has 0 fully saturated rings. The number of ether oxygens (including phenoxy) is 2. The molecule has 3 rings (SSSR count). The Morgan fingerprint density at radius 2 is 1.56 bits per heavy atom. The Kier molecular flexibility index (Phi) is 17.5. The standard InChI is InChI=1S/C37H46F3N5O8S/c1-4-17-52-35-25(21-31(47)43-30(19-23-8-6-5-7-9-23)34(50)44-28(16-18-54-3)32(48)41-2)12-15-27(53-35)22-42-33(49)29(45-36(51)37(38,39)40)20-24-10-13-26(46)14-11-24/h4-15,25,27-30,35,46H,1,16-22H2,2-3H3,(H,41,48)(H,42,49)(H,43,47)(H,44,50)(H,45,51)/t25-,27+,28+,29-,30+,35+/m1/s1. The number of rotatable bonds is 20. The number of halogens is 3. The van der Waals surface area contributed by atoms with Gasteiger partial charge in [-0.25, -0.2) is 0 Å². The molecule has 1 heterocycles. The van der Waals surface area contributed by atoms with Crippen LogP contribution in [0, 0.1) is 5.92 Å². The number of benzene rings is 2. The molecule has 1 aliphatic rings. The van der Waals surface area contributed by atoms with Crippen molar-refractivity contribution in [3.63, 3.8) is 0 Å². The van der Waals surface area contributed by atoms with Crippen LogP contribution in [0.4, 0.5) is 13.2 Å². The van der Waals surface area contributed by atoms with E-state index in [4.69, 9.17) is 9.47 Å². The maximum Gasteiger partial charge on any atom is 0.471 e. The summed E-state index contributed by atoms with van der Waals surface area (Å²) in [5.74, 6) is -4.76. The number of hydrogen-bond donors (Lipinski definition) is 6. The summed E-state index contributed by atoms with van der Waals surface area (Å²) < 4.78 is 51.0. The van der Waals surface area contributed by atoms with Gasteiger partial charge in [-0.05, 0) is 41.7 Å². The predicted molar refractivity (Wildman–Crippen MR) is 196 cm³/mol. The highest BCUT2D eigenvalue weighted by molar-refractivity contribution is 7.98. The fourth-order valence-electron chi connectivity index (χ4n) is 5.40. The van der Waals surface area contributed by atoms with E-state index in [9.17, 15) is 42.3 Å². The molecule has 0 saturated heterocycles. The van der Waals surface area contributed by atoms with Crippen LogP contribution in [0.15, 0.2) is 79.4 Å². The van der Waals surface area contributed by atoms with Gasteiger partial charge in [0.05, 0.1) is 12.7 Å². The quantitative estimate of drug-likeness (QED) is 0.110. The molecule has 0 spiro atoms. The molecule has 17 heteroatoms. The van der Waals surface area contributed by atoms with Gasteiger partial charge in [-0.15, -0.1) is 6.58 Å². The number of amides is 5. The number of nitrogens with one attached hydrogen (secondary N) is 5. The van der Waals surface area contributed by atoms with Gasteiger partial charge in [0.25, 0.3) is 0 Å². The molecule has 2 aromatic carbocycles. The fourth-order valence-corrected chi connectivity index (χ4v) is 5.87. The summed E-state index contributed by atoms with van der Waals surface area (Å²) in [6.45, 7) is 3.44. The van der Waals surface area contributed by atoms with Crippen molar-refractivity contribution in [2.45, 2.75) is 62.4 Å². The fraction of sp³-hybridized carbons (Fsp3) is 0.432. The van der Waals surface area contributed by atoms with E-state index in [1.807, 2.05) is 24.5 Å². The summed E-state index contributed by atoms with van der Waals surface area (Å²) in [6, 6.07) is 11.0. The monoisotopic (exact) mass is 777 g/mol. The number of thioether (sulfide) groups is 1. The van der Waals surface area contributed by atoms with Gasteiger partial charge in [-0.3, -0.25) is 24.0 Å². The number of carbonyl (C=O) groups excluding carboxylic acids is 5. The van der Waals surface area contributed by atoms with Crippen LogP contribution < -0.4 is 26.6 Å². The van der Waals surface area contributed by atoms with Gasteiger partial charge >= 0.3 is 12.1 Å². The van der Waals surface area contributed by atoms with Gasteiger partial charge in [-0.1, -0.05) is 60.7 Å². The van der Waals surface area contributed by atoms with E-state index in [0.717, 1.165) is 5.56 Å². The van der Waals surface area contributed by atoms with E-state index in [0.29, 0.717) is 17.7 Å². The van der Waals surface area contributed by atoms with Crippen LogP contribution >= 0.6 is 11.8 Å². The molecule has 0 saturated carbocycles. The molecule has 0 radical (unpaired) electrons. The highest BCUT2D eigenvalue weighted by Crippen LogP contribution is 2.24. The van der Waals surface area contributed by atoms with E-state index in [1.54, 1.807) is 29.6 Å². The lowest BCUT2D eigenvalue weighted by molar-refractivity contribution is -0.182. The maximum absolute atomic E-state index is 13.5. The SMILES string of the molecule is C=CCO[C@H]1O[C@H](CNC(=O)[C@@H](Cc2ccc(O)cc2)NC(=O)C(F)(F)F)C=C[C@@H]1CC(=O)N[C@@H](Cc1ccccc1)C(=O)N[C@@H](CCSC)C(=O)NC. The molecule has 2 aromatic rings. The smallest absolute Gasteiger partial charge is 0.471 e. The van der Waals surface area contributed by atoms with Crippen molar-refractivity contribution < 1.29 is 51.7 Å². The van der Waals surface area contributed by atoms with Gasteiger partial charge < -0.3 is 41.2 Å². The predicted octanol–water partition coefficient (Wildman–Crippen LogP) is 2.30. The molecule has 5 amide bonds. The highest BCUT2D eigenvalue weighted by Gasteiger charge is 2.41. The summed E-state index contributed by atoms with van der Waals surface area (Å²) in [5, 5.41) is 21.8. The zero-order valence-corrected chi connectivity index (χ0v) is 30.7. The lowest BCUT2D eigenvalue weighted by Gasteiger charge is -2.32. The van der Waals surface area contributed by atoms with Gasteiger partial charge in [0.15, 0.2) is 6.29 Å². The number of likely N-dealkylation sites (N-methyl/N-ethyl adjacent to an activating group) is 1. The molecular formula is C37H46F3N5O8S. The minimum atomic E-state index is -5.23. The van der Waals surface area contributed by atoms with Crippen LogP contribution in [0.1, 0.15) is 24.0 Å². The van der Waals surface area contributed by atoms with Gasteiger partial charge in [0.2, 0.25) is 23.6 Å². The van der Waals surface area contributed by atoms with Crippen LogP contribution in [0.3, 0.4) is 0 Å². The molecule has 0 aromatic heterocycles. The van der Waals surface area contributed by atoms with Gasteiger partial charge in [0, 0.05) is 38.8 Å². The first-order valence-electron chi connectivity index (χ1n) is 17.1. The summed E-state index contributed by atoms with van der Waals surface area (Å²) in [7, 11) is 1.47. The number of aromatic hydroxyl groups is 1. The van der Waals surface area contributed by atoms with Crippen LogP contribution in [-0.2, 0) is 46.3 Å². The topological polar surface area (TPSA) is 184 Å². The van der Waals surface area contributed by atoms with Crippen molar-refractivity contribution >= 4 is 41.3 Å². The average Bonchev–Trinajstić information content (AvgIpc) is 3.15. The minimum Gasteiger partial charge on any atom is -0.508 e. The van der Waals surface area contributed by atoms with Crippen LogP contribution in [0.2, 0.25) is 0 Å². The van der Waals surface area contributed by atoms with E-state index in [1.165, 1.54) is 49.2 Å². The Labute approximate surface area is 315 Å². The molecule has 13 nitrogen and oxygen atoms in total. The molecule has 0 aliphatic carbocycles. The molecule has 0 unspecified atom stereocenters. The molecular weight excluding hydrogens is 731 g/mol. The van der Waals surface area contributed by atoms with Crippen molar-refractivity contribution in [3.8, 4) is 5.75 Å². The van der Waals surface area contributed by atoms with E-state index in [2.05, 4.69) is 27.8 Å². The van der Waals surface area contributed by atoms with Crippen molar-refractivity contribution in [1.82, 2.24) is 26.6 Å². The lowest BCUT2D eigenvalue weighted by Crippen LogP contribution is -2.54. The molecule has 1 aliphatic heterocycles. The summed E-state index contributed by atoms with van der Waals surface area (Å²) in [4.78, 5) is 64.3. The zero-order valence-electron chi connectivity index (χ0n) is 29.9. The van der Waals surface area contributed by atoms with Crippen molar-refractivity contribution in [2.75, 3.05) is 32.2 Å². The third kappa shape index (κ3) is 14.5.